The number of hydrogen-bond donors (Lipinski definition) is 2. The van der Waals surface area contributed by atoms with Crippen LogP contribution in [0.15, 0.2) is 46.9 Å². The summed E-state index contributed by atoms with van der Waals surface area (Å²) < 4.78 is 1.08. The van der Waals surface area contributed by atoms with E-state index in [0.717, 1.165) is 22.3 Å². The van der Waals surface area contributed by atoms with Gasteiger partial charge in [0.2, 0.25) is 0 Å². The highest BCUT2D eigenvalue weighted by Crippen LogP contribution is 2.20. The van der Waals surface area contributed by atoms with Crippen molar-refractivity contribution in [3.05, 3.63) is 58.1 Å². The van der Waals surface area contributed by atoms with Crippen LogP contribution in [0.4, 0.5) is 5.69 Å². The smallest absolute Gasteiger partial charge is 0.118 e. The molecule has 0 amide bonds. The molecule has 0 radical (unpaired) electrons. The van der Waals surface area contributed by atoms with E-state index in [9.17, 15) is 5.11 Å². The van der Waals surface area contributed by atoms with Gasteiger partial charge in [0.15, 0.2) is 0 Å². The van der Waals surface area contributed by atoms with E-state index in [1.165, 1.54) is 5.56 Å². The van der Waals surface area contributed by atoms with Crippen molar-refractivity contribution in [2.45, 2.75) is 13.5 Å². The standard InChI is InChI=1S/C14H14BrNO/c1-10-8-13(6-7-14(10)17)16-9-11-2-4-12(15)5-3-11/h2-8,16-17H,9H2,1H3. The molecular weight excluding hydrogens is 278 g/mol. The van der Waals surface area contributed by atoms with Crippen LogP contribution >= 0.6 is 15.9 Å². The lowest BCUT2D eigenvalue weighted by Gasteiger charge is -2.08. The van der Waals surface area contributed by atoms with E-state index < -0.39 is 0 Å². The Morgan fingerprint density at radius 2 is 1.82 bits per heavy atom. The minimum Gasteiger partial charge on any atom is -0.508 e. The molecule has 0 bridgehead atoms. The summed E-state index contributed by atoms with van der Waals surface area (Å²) in [6.45, 7) is 2.66. The lowest BCUT2D eigenvalue weighted by Crippen LogP contribution is -1.99. The molecule has 17 heavy (non-hydrogen) atoms. The highest BCUT2D eigenvalue weighted by Gasteiger charge is 1.98. The van der Waals surface area contributed by atoms with Gasteiger partial charge in [0.1, 0.15) is 5.75 Å². The molecule has 3 heteroatoms. The van der Waals surface area contributed by atoms with Crippen molar-refractivity contribution in [1.82, 2.24) is 0 Å². The summed E-state index contributed by atoms with van der Waals surface area (Å²) in [6, 6.07) is 13.7. The van der Waals surface area contributed by atoms with Crippen LogP contribution in [0.2, 0.25) is 0 Å². The third-order valence-corrected chi connectivity index (χ3v) is 3.14. The number of phenolic OH excluding ortho intramolecular Hbond substituents is 1. The molecule has 0 aromatic heterocycles. The molecular formula is C14H14BrNO. The Labute approximate surface area is 109 Å². The van der Waals surface area contributed by atoms with Gasteiger partial charge < -0.3 is 10.4 Å². The Morgan fingerprint density at radius 1 is 1.12 bits per heavy atom. The summed E-state index contributed by atoms with van der Waals surface area (Å²) in [6.07, 6.45) is 0. The fraction of sp³-hybridized carbons (Fsp3) is 0.143. The molecule has 0 aliphatic rings. The number of hydrogen-bond acceptors (Lipinski definition) is 2. The van der Waals surface area contributed by atoms with E-state index in [0.29, 0.717) is 5.75 Å². The molecule has 0 saturated carbocycles. The first-order chi connectivity index (χ1) is 8.15. The lowest BCUT2D eigenvalue weighted by atomic mass is 10.2. The van der Waals surface area contributed by atoms with Crippen LogP contribution in [-0.4, -0.2) is 5.11 Å². The topological polar surface area (TPSA) is 32.3 Å². The average Bonchev–Trinajstić information content (AvgIpc) is 2.33. The number of aryl methyl sites for hydroxylation is 1. The van der Waals surface area contributed by atoms with E-state index in [1.807, 2.05) is 31.2 Å². The monoisotopic (exact) mass is 291 g/mol. The van der Waals surface area contributed by atoms with Gasteiger partial charge in [-0.1, -0.05) is 28.1 Å². The number of rotatable bonds is 3. The van der Waals surface area contributed by atoms with Gasteiger partial charge in [-0.2, -0.15) is 0 Å². The van der Waals surface area contributed by atoms with Crippen LogP contribution in [0.1, 0.15) is 11.1 Å². The number of aromatic hydroxyl groups is 1. The van der Waals surface area contributed by atoms with Gasteiger partial charge in [-0.25, -0.2) is 0 Å². The van der Waals surface area contributed by atoms with Gasteiger partial charge in [0.25, 0.3) is 0 Å². The third-order valence-electron chi connectivity index (χ3n) is 2.61. The van der Waals surface area contributed by atoms with Crippen molar-refractivity contribution in [3.8, 4) is 5.75 Å². The second-order valence-corrected chi connectivity index (χ2v) is 4.90. The molecule has 0 aliphatic heterocycles. The summed E-state index contributed by atoms with van der Waals surface area (Å²) in [5.41, 5.74) is 3.12. The normalized spacial score (nSPS) is 10.2. The Kier molecular flexibility index (Phi) is 3.69. The van der Waals surface area contributed by atoms with Crippen molar-refractivity contribution in [3.63, 3.8) is 0 Å². The molecule has 2 aromatic carbocycles. The minimum absolute atomic E-state index is 0.333. The lowest BCUT2D eigenvalue weighted by molar-refractivity contribution is 0.471. The van der Waals surface area contributed by atoms with Gasteiger partial charge in [-0.15, -0.1) is 0 Å². The summed E-state index contributed by atoms with van der Waals surface area (Å²) in [5, 5.41) is 12.7. The maximum atomic E-state index is 9.43. The zero-order valence-corrected chi connectivity index (χ0v) is 11.2. The van der Waals surface area contributed by atoms with E-state index in [4.69, 9.17) is 0 Å². The number of anilines is 1. The zero-order valence-electron chi connectivity index (χ0n) is 9.57. The predicted octanol–water partition coefficient (Wildman–Crippen LogP) is 4.08. The molecule has 0 aliphatic carbocycles. The van der Waals surface area contributed by atoms with E-state index in [1.54, 1.807) is 6.07 Å². The maximum absolute atomic E-state index is 9.43. The van der Waals surface area contributed by atoms with Crippen LogP contribution in [0.5, 0.6) is 5.75 Å². The Hall–Kier alpha value is -1.48. The summed E-state index contributed by atoms with van der Waals surface area (Å²) in [4.78, 5) is 0. The predicted molar refractivity (Wildman–Crippen MR) is 74.3 cm³/mol. The summed E-state index contributed by atoms with van der Waals surface area (Å²) in [7, 11) is 0. The SMILES string of the molecule is Cc1cc(NCc2ccc(Br)cc2)ccc1O. The van der Waals surface area contributed by atoms with Crippen molar-refractivity contribution in [2.75, 3.05) is 5.32 Å². The second kappa shape index (κ2) is 5.23. The number of phenols is 1. The first-order valence-electron chi connectivity index (χ1n) is 5.43. The number of halogens is 1. The third kappa shape index (κ3) is 3.24. The molecule has 0 fully saturated rings. The molecule has 0 saturated heterocycles. The molecule has 0 atom stereocenters. The van der Waals surface area contributed by atoms with Crippen LogP contribution in [-0.2, 0) is 6.54 Å². The molecule has 0 spiro atoms. The molecule has 88 valence electrons. The highest BCUT2D eigenvalue weighted by atomic mass is 79.9. The van der Waals surface area contributed by atoms with Crippen LogP contribution in [0, 0.1) is 6.92 Å². The Balaban J connectivity index is 2.02. The molecule has 0 unspecified atom stereocenters. The highest BCUT2D eigenvalue weighted by molar-refractivity contribution is 9.10. The van der Waals surface area contributed by atoms with Crippen molar-refractivity contribution in [2.24, 2.45) is 0 Å². The number of benzene rings is 2. The summed E-state index contributed by atoms with van der Waals surface area (Å²) >= 11 is 3.41. The first-order valence-corrected chi connectivity index (χ1v) is 6.22. The van der Waals surface area contributed by atoms with E-state index in [-0.39, 0.29) is 0 Å². The quantitative estimate of drug-likeness (QED) is 0.836. The fourth-order valence-corrected chi connectivity index (χ4v) is 1.84. The zero-order chi connectivity index (χ0) is 12.3. The van der Waals surface area contributed by atoms with Crippen molar-refractivity contribution < 1.29 is 5.11 Å². The van der Waals surface area contributed by atoms with Gasteiger partial charge >= 0.3 is 0 Å². The minimum atomic E-state index is 0.333. The average molecular weight is 292 g/mol. The van der Waals surface area contributed by atoms with Gasteiger partial charge in [-0.3, -0.25) is 0 Å². The van der Waals surface area contributed by atoms with Crippen LogP contribution in [0.3, 0.4) is 0 Å². The number of nitrogens with one attached hydrogen (secondary N) is 1. The molecule has 2 rings (SSSR count). The van der Waals surface area contributed by atoms with Crippen LogP contribution < -0.4 is 5.32 Å². The first kappa shape index (κ1) is 12.0. The Morgan fingerprint density at radius 3 is 2.47 bits per heavy atom. The molecule has 2 N–H and O–H groups in total. The van der Waals surface area contributed by atoms with E-state index >= 15 is 0 Å². The molecule has 2 nitrogen and oxygen atoms in total. The molecule has 0 heterocycles. The van der Waals surface area contributed by atoms with Gasteiger partial charge in [0.05, 0.1) is 0 Å². The fourth-order valence-electron chi connectivity index (χ4n) is 1.57. The largest absolute Gasteiger partial charge is 0.508 e. The molecule has 2 aromatic rings. The van der Waals surface area contributed by atoms with Crippen molar-refractivity contribution in [1.29, 1.82) is 0 Å². The second-order valence-electron chi connectivity index (χ2n) is 3.98. The van der Waals surface area contributed by atoms with Crippen LogP contribution in [0.25, 0.3) is 0 Å². The van der Waals surface area contributed by atoms with Gasteiger partial charge in [0, 0.05) is 16.7 Å². The maximum Gasteiger partial charge on any atom is 0.118 e. The Bertz CT molecular complexity index is 508. The summed E-state index contributed by atoms with van der Waals surface area (Å²) in [5.74, 6) is 0.333. The van der Waals surface area contributed by atoms with E-state index in [2.05, 4.69) is 33.4 Å². The van der Waals surface area contributed by atoms with Gasteiger partial charge in [-0.05, 0) is 48.4 Å². The van der Waals surface area contributed by atoms with Crippen molar-refractivity contribution >= 4 is 21.6 Å².